The number of rotatable bonds is 8. The average Bonchev–Trinajstić information content (AvgIpc) is 3.38. The summed E-state index contributed by atoms with van der Waals surface area (Å²) in [6.45, 7) is 2.93. The molecule has 0 radical (unpaired) electrons. The second-order valence-electron chi connectivity index (χ2n) is 8.08. The summed E-state index contributed by atoms with van der Waals surface area (Å²) in [5, 5.41) is 6.96. The number of benzene rings is 2. The first kappa shape index (κ1) is 23.3. The van der Waals surface area contributed by atoms with Crippen molar-refractivity contribution in [1.82, 2.24) is 15.0 Å². The fourth-order valence-electron chi connectivity index (χ4n) is 3.82. The molecule has 9 nitrogen and oxygen atoms in total. The quantitative estimate of drug-likeness (QED) is 0.539. The normalized spacial score (nSPS) is 15.6. The molecule has 1 saturated heterocycles. The smallest absolute Gasteiger partial charge is 0.260 e. The van der Waals surface area contributed by atoms with Crippen molar-refractivity contribution in [3.05, 3.63) is 54.4 Å². The number of nitrogens with one attached hydrogen (secondary N) is 1. The lowest BCUT2D eigenvalue weighted by Gasteiger charge is -2.30. The van der Waals surface area contributed by atoms with Crippen LogP contribution in [0.2, 0.25) is 0 Å². The van der Waals surface area contributed by atoms with E-state index in [0.717, 1.165) is 24.2 Å². The molecule has 3 aromatic rings. The number of carbonyl (C=O) groups is 2. The predicted octanol–water partition coefficient (Wildman–Crippen LogP) is 3.88. The first-order valence-electron chi connectivity index (χ1n) is 11.3. The molecule has 2 aromatic carbocycles. The Morgan fingerprint density at radius 3 is 2.74 bits per heavy atom. The minimum Gasteiger partial charge on any atom is -0.497 e. The molecule has 0 unspecified atom stereocenters. The van der Waals surface area contributed by atoms with Gasteiger partial charge < -0.3 is 24.2 Å². The highest BCUT2D eigenvalue weighted by Crippen LogP contribution is 2.28. The Hall–Kier alpha value is -3.88. The molecule has 34 heavy (non-hydrogen) atoms. The van der Waals surface area contributed by atoms with Crippen molar-refractivity contribution < 1.29 is 23.6 Å². The van der Waals surface area contributed by atoms with E-state index < -0.39 is 0 Å². The number of amides is 2. The van der Waals surface area contributed by atoms with E-state index in [1.807, 2.05) is 24.3 Å². The van der Waals surface area contributed by atoms with Crippen molar-refractivity contribution in [2.75, 3.05) is 32.1 Å². The Labute approximate surface area is 198 Å². The van der Waals surface area contributed by atoms with E-state index in [9.17, 15) is 9.59 Å². The zero-order valence-electron chi connectivity index (χ0n) is 19.3. The summed E-state index contributed by atoms with van der Waals surface area (Å²) >= 11 is 0. The molecule has 178 valence electrons. The highest BCUT2D eigenvalue weighted by molar-refractivity contribution is 5.91. The molecule has 9 heteroatoms. The number of nitrogens with zero attached hydrogens (tertiary/aromatic N) is 3. The van der Waals surface area contributed by atoms with Gasteiger partial charge in [0.05, 0.1) is 13.0 Å². The van der Waals surface area contributed by atoms with Crippen molar-refractivity contribution >= 4 is 17.5 Å². The molecule has 1 aromatic heterocycles. The lowest BCUT2D eigenvalue weighted by atomic mass is 9.98. The first-order chi connectivity index (χ1) is 16.6. The number of methoxy groups -OCH3 is 1. The van der Waals surface area contributed by atoms with E-state index in [0.29, 0.717) is 42.7 Å². The number of likely N-dealkylation sites (tertiary alicyclic amines) is 1. The monoisotopic (exact) mass is 464 g/mol. The molecule has 0 aliphatic carbocycles. The maximum atomic E-state index is 12.7. The van der Waals surface area contributed by atoms with Crippen molar-refractivity contribution in [2.24, 2.45) is 0 Å². The number of ether oxygens (including phenoxy) is 2. The standard InChI is InChI=1S/C25H28N4O5/c1-3-22(30)26-19-8-4-6-17(14-19)24-27-25(34-28-24)18-7-5-13-29(15-18)23(31)16-33-21-11-9-20(32-2)10-12-21/h4,6,8-12,14,18H,3,5,7,13,15-16H2,1-2H3,(H,26,30)/t18-/m1/s1. The third-order valence-corrected chi connectivity index (χ3v) is 5.71. The fraction of sp³-hybridized carbons (Fsp3) is 0.360. The highest BCUT2D eigenvalue weighted by Gasteiger charge is 2.29. The minimum absolute atomic E-state index is 0.0373. The fourth-order valence-corrected chi connectivity index (χ4v) is 3.82. The van der Waals surface area contributed by atoms with Crippen LogP contribution in [0.15, 0.2) is 53.1 Å². The molecule has 0 saturated carbocycles. The summed E-state index contributed by atoms with van der Waals surface area (Å²) in [4.78, 5) is 30.8. The van der Waals surface area contributed by atoms with Crippen molar-refractivity contribution in [3.8, 4) is 22.9 Å². The molecule has 2 amide bonds. The Balaban J connectivity index is 1.36. The molecular weight excluding hydrogens is 436 g/mol. The maximum Gasteiger partial charge on any atom is 0.260 e. The van der Waals surface area contributed by atoms with Crippen LogP contribution in [-0.4, -0.2) is 53.7 Å². The summed E-state index contributed by atoms with van der Waals surface area (Å²) in [6.07, 6.45) is 2.10. The van der Waals surface area contributed by atoms with Crippen LogP contribution in [-0.2, 0) is 9.59 Å². The number of hydrogen-bond donors (Lipinski definition) is 1. The highest BCUT2D eigenvalue weighted by atomic mass is 16.5. The van der Waals surface area contributed by atoms with Crippen LogP contribution in [0.1, 0.15) is 38.0 Å². The summed E-state index contributed by atoms with van der Waals surface area (Å²) in [5.41, 5.74) is 1.43. The van der Waals surface area contributed by atoms with E-state index in [4.69, 9.17) is 14.0 Å². The molecule has 0 bridgehead atoms. The van der Waals surface area contributed by atoms with Gasteiger partial charge in [-0.1, -0.05) is 24.2 Å². The molecule has 1 N–H and O–H groups in total. The molecule has 1 aliphatic heterocycles. The van der Waals surface area contributed by atoms with Crippen LogP contribution in [0.4, 0.5) is 5.69 Å². The SMILES string of the molecule is CCC(=O)Nc1cccc(-c2noc([C@@H]3CCCN(C(=O)COc4ccc(OC)cc4)C3)n2)c1. The third-order valence-electron chi connectivity index (χ3n) is 5.71. The molecular formula is C25H28N4O5. The molecule has 2 heterocycles. The summed E-state index contributed by atoms with van der Waals surface area (Å²) in [7, 11) is 1.60. The second kappa shape index (κ2) is 10.8. The molecule has 1 fully saturated rings. The lowest BCUT2D eigenvalue weighted by Crippen LogP contribution is -2.41. The number of anilines is 1. The van der Waals surface area contributed by atoms with Crippen molar-refractivity contribution in [2.45, 2.75) is 32.1 Å². The Bertz CT molecular complexity index is 1130. The van der Waals surface area contributed by atoms with Crippen LogP contribution >= 0.6 is 0 Å². The van der Waals surface area contributed by atoms with E-state index >= 15 is 0 Å². The summed E-state index contributed by atoms with van der Waals surface area (Å²) in [6, 6.07) is 14.5. The Morgan fingerprint density at radius 1 is 1.18 bits per heavy atom. The zero-order chi connectivity index (χ0) is 23.9. The van der Waals surface area contributed by atoms with Gasteiger partial charge in [0.15, 0.2) is 6.61 Å². The van der Waals surface area contributed by atoms with Crippen molar-refractivity contribution in [1.29, 1.82) is 0 Å². The van der Waals surface area contributed by atoms with E-state index in [2.05, 4.69) is 15.5 Å². The lowest BCUT2D eigenvalue weighted by molar-refractivity contribution is -0.134. The Morgan fingerprint density at radius 2 is 1.97 bits per heavy atom. The molecule has 1 atom stereocenters. The zero-order valence-corrected chi connectivity index (χ0v) is 19.3. The van der Waals surface area contributed by atoms with Crippen LogP contribution in [0.25, 0.3) is 11.4 Å². The Kier molecular flexibility index (Phi) is 7.41. The number of aromatic nitrogens is 2. The van der Waals surface area contributed by atoms with Gasteiger partial charge in [0, 0.05) is 30.8 Å². The van der Waals surface area contributed by atoms with Crippen LogP contribution in [0.5, 0.6) is 11.5 Å². The van der Waals surface area contributed by atoms with Gasteiger partial charge in [-0.3, -0.25) is 9.59 Å². The van der Waals surface area contributed by atoms with Crippen LogP contribution in [0, 0.1) is 0 Å². The topological polar surface area (TPSA) is 107 Å². The van der Waals surface area contributed by atoms with Crippen molar-refractivity contribution in [3.63, 3.8) is 0 Å². The minimum atomic E-state index is -0.0837. The van der Waals surface area contributed by atoms with Gasteiger partial charge >= 0.3 is 0 Å². The van der Waals surface area contributed by atoms with Gasteiger partial charge in [0.25, 0.3) is 5.91 Å². The first-order valence-corrected chi connectivity index (χ1v) is 11.3. The van der Waals surface area contributed by atoms with Crippen LogP contribution < -0.4 is 14.8 Å². The van der Waals surface area contributed by atoms with Gasteiger partial charge in [0.2, 0.25) is 17.6 Å². The van der Waals surface area contributed by atoms with Gasteiger partial charge in [-0.25, -0.2) is 0 Å². The maximum absolute atomic E-state index is 12.7. The number of hydrogen-bond acceptors (Lipinski definition) is 7. The van der Waals surface area contributed by atoms with Gasteiger partial charge in [-0.2, -0.15) is 4.98 Å². The number of piperidine rings is 1. The average molecular weight is 465 g/mol. The largest absolute Gasteiger partial charge is 0.497 e. The van der Waals surface area contributed by atoms with E-state index in [1.165, 1.54) is 0 Å². The van der Waals surface area contributed by atoms with E-state index in [-0.39, 0.29) is 24.3 Å². The van der Waals surface area contributed by atoms with Gasteiger partial charge in [0.1, 0.15) is 11.5 Å². The van der Waals surface area contributed by atoms with Gasteiger partial charge in [-0.15, -0.1) is 0 Å². The molecule has 0 spiro atoms. The van der Waals surface area contributed by atoms with E-state index in [1.54, 1.807) is 43.2 Å². The summed E-state index contributed by atoms with van der Waals surface area (Å²) in [5.74, 6) is 2.12. The van der Waals surface area contributed by atoms with Crippen LogP contribution in [0.3, 0.4) is 0 Å². The third kappa shape index (κ3) is 5.72. The summed E-state index contributed by atoms with van der Waals surface area (Å²) < 4.78 is 16.3. The van der Waals surface area contributed by atoms with Gasteiger partial charge in [-0.05, 0) is 49.2 Å². The predicted molar refractivity (Wildman–Crippen MR) is 126 cm³/mol. The number of carbonyl (C=O) groups excluding carboxylic acids is 2. The second-order valence-corrected chi connectivity index (χ2v) is 8.08. The molecule has 1 aliphatic rings. The molecule has 4 rings (SSSR count).